The Hall–Kier alpha value is -1.36. The van der Waals surface area contributed by atoms with E-state index in [0.29, 0.717) is 0 Å². The Morgan fingerprint density at radius 3 is 2.71 bits per heavy atom. The molecule has 1 N–H and O–H groups in total. The Morgan fingerprint density at radius 2 is 2.06 bits per heavy atom. The first kappa shape index (κ1) is 10.8. The van der Waals surface area contributed by atoms with E-state index in [4.69, 9.17) is 0 Å². The number of imide groups is 1. The van der Waals surface area contributed by atoms with Crippen LogP contribution in [-0.4, -0.2) is 22.9 Å². The Balaban J connectivity index is 1.83. The lowest BCUT2D eigenvalue weighted by Crippen LogP contribution is -2.38. The van der Waals surface area contributed by atoms with Crippen molar-refractivity contribution < 1.29 is 9.59 Å². The molecule has 0 aromatic carbocycles. The lowest BCUT2D eigenvalue weighted by atomic mass is 10.2. The number of urea groups is 1. The highest BCUT2D eigenvalue weighted by Gasteiger charge is 2.43. The van der Waals surface area contributed by atoms with Crippen LogP contribution in [0, 0.1) is 0 Å². The SMILES string of the molecule is O=C1NC(c2cccs2)C(=O)N1C1CCCC1. The minimum absolute atomic E-state index is 0.0793. The molecule has 1 aromatic rings. The number of amides is 3. The third-order valence-electron chi connectivity index (χ3n) is 3.49. The minimum atomic E-state index is -0.455. The van der Waals surface area contributed by atoms with Gasteiger partial charge in [-0.25, -0.2) is 4.79 Å². The van der Waals surface area contributed by atoms with Crippen LogP contribution in [0.2, 0.25) is 0 Å². The highest BCUT2D eigenvalue weighted by molar-refractivity contribution is 7.10. The molecule has 2 aliphatic rings. The molecule has 1 atom stereocenters. The van der Waals surface area contributed by atoms with Gasteiger partial charge in [-0.3, -0.25) is 9.69 Å². The van der Waals surface area contributed by atoms with E-state index >= 15 is 0 Å². The van der Waals surface area contributed by atoms with Crippen LogP contribution in [0.1, 0.15) is 36.6 Å². The van der Waals surface area contributed by atoms with Crippen molar-refractivity contribution in [2.45, 2.75) is 37.8 Å². The maximum absolute atomic E-state index is 12.3. The second-order valence-electron chi connectivity index (χ2n) is 4.54. The number of carbonyl (C=O) groups is 2. The van der Waals surface area contributed by atoms with Gasteiger partial charge in [0.25, 0.3) is 5.91 Å². The van der Waals surface area contributed by atoms with E-state index in [1.165, 1.54) is 16.2 Å². The van der Waals surface area contributed by atoms with Crippen LogP contribution in [0.5, 0.6) is 0 Å². The molecule has 1 aliphatic carbocycles. The zero-order valence-corrected chi connectivity index (χ0v) is 10.2. The topological polar surface area (TPSA) is 49.4 Å². The fraction of sp³-hybridized carbons (Fsp3) is 0.500. The Morgan fingerprint density at radius 1 is 1.29 bits per heavy atom. The fourth-order valence-electron chi connectivity index (χ4n) is 2.65. The van der Waals surface area contributed by atoms with Crippen molar-refractivity contribution in [3.8, 4) is 0 Å². The van der Waals surface area contributed by atoms with E-state index in [1.54, 1.807) is 0 Å². The van der Waals surface area contributed by atoms with E-state index in [1.807, 2.05) is 17.5 Å². The predicted molar refractivity (Wildman–Crippen MR) is 64.7 cm³/mol. The van der Waals surface area contributed by atoms with Gasteiger partial charge in [0.2, 0.25) is 0 Å². The summed E-state index contributed by atoms with van der Waals surface area (Å²) in [6, 6.07) is 3.24. The highest BCUT2D eigenvalue weighted by Crippen LogP contribution is 2.31. The van der Waals surface area contributed by atoms with Gasteiger partial charge in [-0.1, -0.05) is 18.9 Å². The molecule has 90 valence electrons. The van der Waals surface area contributed by atoms with Crippen molar-refractivity contribution in [3.05, 3.63) is 22.4 Å². The fourth-order valence-corrected chi connectivity index (χ4v) is 3.42. The summed E-state index contributed by atoms with van der Waals surface area (Å²) < 4.78 is 0. The molecule has 17 heavy (non-hydrogen) atoms. The van der Waals surface area contributed by atoms with Gasteiger partial charge in [-0.05, 0) is 24.3 Å². The summed E-state index contributed by atoms with van der Waals surface area (Å²) in [5.41, 5.74) is 0. The molecule has 4 nitrogen and oxygen atoms in total. The largest absolute Gasteiger partial charge is 0.325 e. The maximum Gasteiger partial charge on any atom is 0.325 e. The summed E-state index contributed by atoms with van der Waals surface area (Å²) in [6.07, 6.45) is 4.14. The van der Waals surface area contributed by atoms with Crippen molar-refractivity contribution in [2.75, 3.05) is 0 Å². The number of carbonyl (C=O) groups excluding carboxylic acids is 2. The lowest BCUT2D eigenvalue weighted by Gasteiger charge is -2.20. The lowest BCUT2D eigenvalue weighted by molar-refractivity contribution is -0.129. The van der Waals surface area contributed by atoms with E-state index in [0.717, 1.165) is 30.6 Å². The minimum Gasteiger partial charge on any atom is -0.321 e. The van der Waals surface area contributed by atoms with Gasteiger partial charge >= 0.3 is 6.03 Å². The first-order chi connectivity index (χ1) is 8.27. The van der Waals surface area contributed by atoms with Crippen LogP contribution < -0.4 is 5.32 Å². The van der Waals surface area contributed by atoms with E-state index < -0.39 is 6.04 Å². The molecular formula is C12H14N2O2S. The first-order valence-electron chi connectivity index (χ1n) is 5.94. The number of thiophene rings is 1. The Labute approximate surface area is 104 Å². The second-order valence-corrected chi connectivity index (χ2v) is 5.52. The number of hydrogen-bond donors (Lipinski definition) is 1. The van der Waals surface area contributed by atoms with E-state index in [-0.39, 0.29) is 18.0 Å². The maximum atomic E-state index is 12.3. The average molecular weight is 250 g/mol. The summed E-state index contributed by atoms with van der Waals surface area (Å²) in [6.45, 7) is 0. The van der Waals surface area contributed by atoms with Crippen LogP contribution in [0.4, 0.5) is 4.79 Å². The molecule has 3 amide bonds. The van der Waals surface area contributed by atoms with Crippen molar-refractivity contribution >= 4 is 23.3 Å². The molecule has 2 heterocycles. The molecule has 1 unspecified atom stereocenters. The predicted octanol–water partition coefficient (Wildman–Crippen LogP) is 2.28. The monoisotopic (exact) mass is 250 g/mol. The third-order valence-corrected chi connectivity index (χ3v) is 4.43. The molecule has 2 fully saturated rings. The summed E-state index contributed by atoms with van der Waals surface area (Å²) in [5, 5.41) is 4.70. The zero-order chi connectivity index (χ0) is 11.8. The Kier molecular flexibility index (Phi) is 2.63. The summed E-state index contributed by atoms with van der Waals surface area (Å²) >= 11 is 1.51. The molecule has 1 aliphatic heterocycles. The van der Waals surface area contributed by atoms with Crippen molar-refractivity contribution in [1.82, 2.24) is 10.2 Å². The average Bonchev–Trinajstić information content (AvgIpc) is 2.99. The van der Waals surface area contributed by atoms with Gasteiger partial charge in [-0.15, -0.1) is 11.3 Å². The number of hydrogen-bond acceptors (Lipinski definition) is 3. The molecule has 3 rings (SSSR count). The zero-order valence-electron chi connectivity index (χ0n) is 9.39. The van der Waals surface area contributed by atoms with Crippen molar-refractivity contribution in [2.24, 2.45) is 0 Å². The van der Waals surface area contributed by atoms with Crippen molar-refractivity contribution in [1.29, 1.82) is 0 Å². The molecule has 1 saturated heterocycles. The third kappa shape index (κ3) is 1.74. The normalized spacial score (nSPS) is 25.6. The van der Waals surface area contributed by atoms with Gasteiger partial charge in [0.1, 0.15) is 6.04 Å². The first-order valence-corrected chi connectivity index (χ1v) is 6.82. The van der Waals surface area contributed by atoms with Gasteiger partial charge in [0.05, 0.1) is 0 Å². The smallest absolute Gasteiger partial charge is 0.321 e. The van der Waals surface area contributed by atoms with Crippen LogP contribution in [0.3, 0.4) is 0 Å². The van der Waals surface area contributed by atoms with Crippen molar-refractivity contribution in [3.63, 3.8) is 0 Å². The quantitative estimate of drug-likeness (QED) is 0.819. The van der Waals surface area contributed by atoms with Crippen LogP contribution >= 0.6 is 11.3 Å². The molecule has 0 radical (unpaired) electrons. The number of nitrogens with zero attached hydrogens (tertiary/aromatic N) is 1. The molecule has 1 saturated carbocycles. The number of rotatable bonds is 2. The van der Waals surface area contributed by atoms with Crippen LogP contribution in [0.25, 0.3) is 0 Å². The molecule has 0 bridgehead atoms. The summed E-state index contributed by atoms with van der Waals surface area (Å²) in [4.78, 5) is 26.5. The van der Waals surface area contributed by atoms with E-state index in [2.05, 4.69) is 5.32 Å². The van der Waals surface area contributed by atoms with Gasteiger partial charge < -0.3 is 5.32 Å². The number of nitrogens with one attached hydrogen (secondary N) is 1. The van der Waals surface area contributed by atoms with Gasteiger partial charge in [-0.2, -0.15) is 0 Å². The standard InChI is InChI=1S/C12H14N2O2S/c15-11-10(9-6-3-7-17-9)13-12(16)14(11)8-4-1-2-5-8/h3,6-8,10H,1-2,4-5H2,(H,13,16). The second kappa shape index (κ2) is 4.14. The summed E-state index contributed by atoms with van der Waals surface area (Å²) in [5.74, 6) is -0.0793. The Bertz CT molecular complexity index is 437. The molecule has 0 spiro atoms. The van der Waals surface area contributed by atoms with Gasteiger partial charge in [0.15, 0.2) is 0 Å². The van der Waals surface area contributed by atoms with E-state index in [9.17, 15) is 9.59 Å². The molecule has 1 aromatic heterocycles. The highest BCUT2D eigenvalue weighted by atomic mass is 32.1. The van der Waals surface area contributed by atoms with Gasteiger partial charge in [0, 0.05) is 10.9 Å². The molecular weight excluding hydrogens is 236 g/mol. The van der Waals surface area contributed by atoms with Crippen LogP contribution in [-0.2, 0) is 4.79 Å². The summed E-state index contributed by atoms with van der Waals surface area (Å²) in [7, 11) is 0. The van der Waals surface area contributed by atoms with Crippen LogP contribution in [0.15, 0.2) is 17.5 Å². The molecule has 5 heteroatoms.